The molecule has 0 bridgehead atoms. The highest BCUT2D eigenvalue weighted by atomic mass is 16.1. The minimum atomic E-state index is -0.710. The smallest absolute Gasteiger partial charge is 0.271 e. The first kappa shape index (κ1) is 20.9. The molecule has 32 heavy (non-hydrogen) atoms. The highest BCUT2D eigenvalue weighted by Crippen LogP contribution is 2.23. The van der Waals surface area contributed by atoms with Crippen LogP contribution in [0.15, 0.2) is 67.3 Å². The van der Waals surface area contributed by atoms with Crippen molar-refractivity contribution in [3.05, 3.63) is 78.5 Å². The average Bonchev–Trinajstić information content (AvgIpc) is 2.82. The highest BCUT2D eigenvalue weighted by Gasteiger charge is 2.15. The number of fused-ring (bicyclic) bond motifs is 1. The lowest BCUT2D eigenvalue weighted by Gasteiger charge is -2.15. The molecule has 0 saturated carbocycles. The molecular weight excluding hydrogens is 406 g/mol. The summed E-state index contributed by atoms with van der Waals surface area (Å²) in [6.45, 7) is 0. The van der Waals surface area contributed by atoms with Gasteiger partial charge in [0.05, 0.1) is 17.8 Å². The fourth-order valence-electron chi connectivity index (χ4n) is 3.25. The van der Waals surface area contributed by atoms with E-state index in [1.165, 1.54) is 6.20 Å². The van der Waals surface area contributed by atoms with Crippen LogP contribution in [0.3, 0.4) is 0 Å². The van der Waals surface area contributed by atoms with Crippen LogP contribution in [0.1, 0.15) is 22.5 Å². The summed E-state index contributed by atoms with van der Waals surface area (Å²) >= 11 is 0. The second-order valence-electron chi connectivity index (χ2n) is 7.13. The quantitative estimate of drug-likeness (QED) is 0.347. The maximum Gasteiger partial charge on any atom is 0.271 e. The zero-order chi connectivity index (χ0) is 22.3. The summed E-state index contributed by atoms with van der Waals surface area (Å²) in [4.78, 5) is 40.3. The zero-order valence-electron chi connectivity index (χ0n) is 17.1. The lowest BCUT2D eigenvalue weighted by molar-refractivity contribution is -0.108. The predicted molar refractivity (Wildman–Crippen MR) is 122 cm³/mol. The molecule has 3 aromatic heterocycles. The third-order valence-corrected chi connectivity index (χ3v) is 4.86. The van der Waals surface area contributed by atoms with E-state index in [2.05, 4.69) is 30.6 Å². The number of hydrogen-bond donors (Lipinski definition) is 3. The van der Waals surface area contributed by atoms with Crippen molar-refractivity contribution >= 4 is 40.4 Å². The maximum absolute atomic E-state index is 11.9. The topological polar surface area (TPSA) is 136 Å². The van der Waals surface area contributed by atoms with Gasteiger partial charge in [0.15, 0.2) is 11.5 Å². The van der Waals surface area contributed by atoms with Crippen LogP contribution in [0.2, 0.25) is 0 Å². The number of hydrogen-bond acceptors (Lipinski definition) is 8. The molecule has 0 saturated heterocycles. The number of nitrogens with two attached hydrogens (primary N) is 1. The number of pyridine rings is 2. The number of rotatable bonds is 9. The van der Waals surface area contributed by atoms with Gasteiger partial charge in [-0.25, -0.2) is 9.97 Å². The number of benzene rings is 1. The Morgan fingerprint density at radius 2 is 1.94 bits per heavy atom. The van der Waals surface area contributed by atoms with E-state index < -0.39 is 11.9 Å². The van der Waals surface area contributed by atoms with Crippen LogP contribution >= 0.6 is 0 Å². The lowest BCUT2D eigenvalue weighted by Crippen LogP contribution is -2.24. The monoisotopic (exact) mass is 427 g/mol. The van der Waals surface area contributed by atoms with Gasteiger partial charge in [0.2, 0.25) is 0 Å². The Balaban J connectivity index is 1.53. The van der Waals surface area contributed by atoms with Crippen molar-refractivity contribution in [3.63, 3.8) is 0 Å². The zero-order valence-corrected chi connectivity index (χ0v) is 17.1. The molecule has 0 spiro atoms. The first-order valence-corrected chi connectivity index (χ1v) is 10.0. The molecule has 1 aromatic carbocycles. The van der Waals surface area contributed by atoms with Gasteiger partial charge in [0.1, 0.15) is 12.1 Å². The second-order valence-corrected chi connectivity index (χ2v) is 7.13. The number of aldehydes is 1. The summed E-state index contributed by atoms with van der Waals surface area (Å²) < 4.78 is 0. The number of carbonyl (C=O) groups is 2. The maximum atomic E-state index is 11.9. The second kappa shape index (κ2) is 9.61. The van der Waals surface area contributed by atoms with Gasteiger partial charge >= 0.3 is 0 Å². The van der Waals surface area contributed by atoms with Crippen LogP contribution in [-0.2, 0) is 11.2 Å². The standard InChI is InChI=1S/C23H21N7O2/c24-22(32)21-23(29-17-5-6-19-16(12-17)2-1-9-26-19)30-20(13-27-21)28-18(14-31)4-3-15-7-10-25-11-8-15/h1-2,5-14,18H,3-4H2,(H2,24,32)(H2,28,29,30)/t18-/m1/s1. The van der Waals surface area contributed by atoms with Crippen molar-refractivity contribution in [1.82, 2.24) is 19.9 Å². The van der Waals surface area contributed by atoms with Crippen molar-refractivity contribution < 1.29 is 9.59 Å². The van der Waals surface area contributed by atoms with Gasteiger partial charge in [0.25, 0.3) is 5.91 Å². The Morgan fingerprint density at radius 1 is 1.09 bits per heavy atom. The number of nitrogens with zero attached hydrogens (tertiary/aromatic N) is 4. The molecule has 1 atom stereocenters. The Kier molecular flexibility index (Phi) is 6.26. The van der Waals surface area contributed by atoms with Crippen molar-refractivity contribution in [1.29, 1.82) is 0 Å². The van der Waals surface area contributed by atoms with E-state index in [1.54, 1.807) is 18.6 Å². The first-order chi connectivity index (χ1) is 15.6. The van der Waals surface area contributed by atoms with Gasteiger partial charge in [-0.15, -0.1) is 0 Å². The SMILES string of the molecule is NC(=O)c1ncc(N[C@@H](C=O)CCc2ccncc2)nc1Nc1ccc2ncccc2c1. The van der Waals surface area contributed by atoms with E-state index in [-0.39, 0.29) is 11.5 Å². The molecule has 9 nitrogen and oxygen atoms in total. The molecule has 0 aliphatic rings. The third kappa shape index (κ3) is 5.01. The van der Waals surface area contributed by atoms with Crippen LogP contribution in [0, 0.1) is 0 Å². The number of nitrogens with one attached hydrogen (secondary N) is 2. The summed E-state index contributed by atoms with van der Waals surface area (Å²) in [6, 6.07) is 12.7. The number of amides is 1. The number of aromatic nitrogens is 4. The summed E-state index contributed by atoms with van der Waals surface area (Å²) in [5.41, 5.74) is 8.10. The van der Waals surface area contributed by atoms with Gasteiger partial charge < -0.3 is 21.2 Å². The molecule has 4 aromatic rings. The van der Waals surface area contributed by atoms with E-state index in [4.69, 9.17) is 5.73 Å². The molecule has 4 rings (SSSR count). The largest absolute Gasteiger partial charge is 0.364 e. The molecule has 0 unspecified atom stereocenters. The van der Waals surface area contributed by atoms with Gasteiger partial charge in [-0.05, 0) is 54.8 Å². The van der Waals surface area contributed by atoms with Crippen molar-refractivity contribution in [2.24, 2.45) is 5.73 Å². The minimum absolute atomic E-state index is 0.00118. The van der Waals surface area contributed by atoms with E-state index in [9.17, 15) is 9.59 Å². The molecule has 0 aliphatic carbocycles. The Labute approximate surface area is 184 Å². The van der Waals surface area contributed by atoms with Gasteiger partial charge in [0, 0.05) is 29.7 Å². The summed E-state index contributed by atoms with van der Waals surface area (Å²) in [5.74, 6) is -0.157. The van der Waals surface area contributed by atoms with Crippen LogP contribution in [0.5, 0.6) is 0 Å². The van der Waals surface area contributed by atoms with Crippen molar-refractivity contribution in [2.45, 2.75) is 18.9 Å². The molecule has 4 N–H and O–H groups in total. The molecule has 1 amide bonds. The number of anilines is 3. The van der Waals surface area contributed by atoms with Crippen LogP contribution < -0.4 is 16.4 Å². The summed E-state index contributed by atoms with van der Waals surface area (Å²) in [7, 11) is 0. The molecule has 0 fully saturated rings. The number of primary amides is 1. The summed E-state index contributed by atoms with van der Waals surface area (Å²) in [6.07, 6.45) is 8.63. The fourth-order valence-corrected chi connectivity index (χ4v) is 3.25. The highest BCUT2D eigenvalue weighted by molar-refractivity contribution is 5.96. The molecule has 0 radical (unpaired) electrons. The van der Waals surface area contributed by atoms with E-state index in [0.717, 1.165) is 22.8 Å². The molecule has 3 heterocycles. The predicted octanol–water partition coefficient (Wildman–Crippen LogP) is 2.87. The van der Waals surface area contributed by atoms with Gasteiger partial charge in [-0.2, -0.15) is 0 Å². The lowest BCUT2D eigenvalue weighted by atomic mass is 10.1. The Hall–Kier alpha value is -4.40. The third-order valence-electron chi connectivity index (χ3n) is 4.86. The first-order valence-electron chi connectivity index (χ1n) is 10.0. The van der Waals surface area contributed by atoms with Gasteiger partial charge in [-0.3, -0.25) is 14.8 Å². The van der Waals surface area contributed by atoms with E-state index in [0.29, 0.717) is 24.3 Å². The van der Waals surface area contributed by atoms with Gasteiger partial charge in [-0.1, -0.05) is 6.07 Å². The number of aryl methyl sites for hydroxylation is 1. The van der Waals surface area contributed by atoms with E-state index >= 15 is 0 Å². The van der Waals surface area contributed by atoms with Crippen LogP contribution in [0.4, 0.5) is 17.3 Å². The van der Waals surface area contributed by atoms with Crippen LogP contribution in [0.25, 0.3) is 10.9 Å². The number of carbonyl (C=O) groups excluding carboxylic acids is 2. The molecular formula is C23H21N7O2. The van der Waals surface area contributed by atoms with Crippen molar-refractivity contribution in [2.75, 3.05) is 10.6 Å². The molecule has 160 valence electrons. The normalized spacial score (nSPS) is 11.6. The Bertz CT molecular complexity index is 1250. The van der Waals surface area contributed by atoms with Crippen LogP contribution in [-0.4, -0.2) is 38.2 Å². The van der Waals surface area contributed by atoms with E-state index in [1.807, 2.05) is 42.5 Å². The van der Waals surface area contributed by atoms with Crippen molar-refractivity contribution in [3.8, 4) is 0 Å². The minimum Gasteiger partial charge on any atom is -0.364 e. The average molecular weight is 427 g/mol. The molecule has 9 heteroatoms. The molecule has 0 aliphatic heterocycles. The Morgan fingerprint density at radius 3 is 2.72 bits per heavy atom. The summed E-state index contributed by atoms with van der Waals surface area (Å²) in [5, 5.41) is 7.09. The fraction of sp³-hybridized carbons (Fsp3) is 0.130.